The summed E-state index contributed by atoms with van der Waals surface area (Å²) in [7, 11) is 0. The summed E-state index contributed by atoms with van der Waals surface area (Å²) >= 11 is 0. The van der Waals surface area contributed by atoms with Crippen LogP contribution in [0.5, 0.6) is 0 Å². The van der Waals surface area contributed by atoms with E-state index in [1.54, 1.807) is 0 Å². The molecule has 0 heterocycles. The largest absolute Gasteiger partial charge is 0.870 e. The van der Waals surface area contributed by atoms with Crippen molar-refractivity contribution in [2.45, 2.75) is 143 Å². The van der Waals surface area contributed by atoms with Gasteiger partial charge in [0.05, 0.1) is 19.6 Å². The van der Waals surface area contributed by atoms with E-state index in [2.05, 4.69) is 51.1 Å². The van der Waals surface area contributed by atoms with E-state index in [-0.39, 0.29) is 5.48 Å². The Hall–Kier alpha value is -0.860. The van der Waals surface area contributed by atoms with Crippen LogP contribution in [0, 0.1) is 0 Å². The van der Waals surface area contributed by atoms with E-state index in [1.807, 2.05) is 0 Å². The van der Waals surface area contributed by atoms with E-state index >= 15 is 0 Å². The first-order chi connectivity index (χ1) is 15.8. The molecule has 1 rings (SSSR count). The van der Waals surface area contributed by atoms with Crippen LogP contribution in [0.2, 0.25) is 0 Å². The second-order valence-electron chi connectivity index (χ2n) is 10.5. The smallest absolute Gasteiger partial charge is 0.104 e. The van der Waals surface area contributed by atoms with Crippen molar-refractivity contribution in [1.82, 2.24) is 0 Å². The second kappa shape index (κ2) is 22.9. The number of hydrogen-bond acceptors (Lipinski definition) is 1. The summed E-state index contributed by atoms with van der Waals surface area (Å²) in [6.45, 7) is 12.4. The topological polar surface area (TPSA) is 30.0 Å². The van der Waals surface area contributed by atoms with Crippen molar-refractivity contribution < 1.29 is 9.96 Å². The zero-order valence-electron chi connectivity index (χ0n) is 22.8. The van der Waals surface area contributed by atoms with Crippen LogP contribution in [0.1, 0.15) is 142 Å². The SMILES string of the molecule is CCCCCCCCCCCCCCCC[N+](CCCC)(CCCC)Cc1ccccc1.[OH-]. The monoisotopic (exact) mass is 461 g/mol. The van der Waals surface area contributed by atoms with Crippen LogP contribution in [-0.4, -0.2) is 29.6 Å². The van der Waals surface area contributed by atoms with Crippen molar-refractivity contribution in [3.63, 3.8) is 0 Å². The third-order valence-electron chi connectivity index (χ3n) is 7.32. The molecule has 2 heteroatoms. The van der Waals surface area contributed by atoms with Gasteiger partial charge in [-0.1, -0.05) is 141 Å². The number of rotatable bonds is 23. The molecule has 2 nitrogen and oxygen atoms in total. The quantitative estimate of drug-likeness (QED) is 0.118. The van der Waals surface area contributed by atoms with Gasteiger partial charge in [0.25, 0.3) is 0 Å². The molecule has 33 heavy (non-hydrogen) atoms. The number of benzene rings is 1. The lowest BCUT2D eigenvalue weighted by Gasteiger charge is -2.39. The van der Waals surface area contributed by atoms with Crippen LogP contribution in [0.25, 0.3) is 0 Å². The first-order valence-corrected chi connectivity index (χ1v) is 14.7. The Kier molecular flexibility index (Phi) is 22.3. The predicted octanol–water partition coefficient (Wildman–Crippen LogP) is 9.91. The van der Waals surface area contributed by atoms with Crippen molar-refractivity contribution in [3.05, 3.63) is 35.9 Å². The normalized spacial score (nSPS) is 11.5. The second-order valence-corrected chi connectivity index (χ2v) is 10.5. The van der Waals surface area contributed by atoms with E-state index < -0.39 is 0 Å². The minimum absolute atomic E-state index is 0. The Bertz CT molecular complexity index is 493. The molecule has 0 aliphatic heterocycles. The van der Waals surface area contributed by atoms with E-state index in [0.717, 1.165) is 0 Å². The van der Waals surface area contributed by atoms with Gasteiger partial charge in [-0.2, -0.15) is 0 Å². The Morgan fingerprint density at radius 3 is 1.24 bits per heavy atom. The Morgan fingerprint density at radius 2 is 0.818 bits per heavy atom. The highest BCUT2D eigenvalue weighted by Crippen LogP contribution is 2.21. The minimum Gasteiger partial charge on any atom is -0.870 e. The molecule has 1 N–H and O–H groups in total. The van der Waals surface area contributed by atoms with Crippen LogP contribution in [0.4, 0.5) is 0 Å². The van der Waals surface area contributed by atoms with Crippen molar-refractivity contribution in [2.24, 2.45) is 0 Å². The van der Waals surface area contributed by atoms with Crippen molar-refractivity contribution in [2.75, 3.05) is 19.6 Å². The zero-order chi connectivity index (χ0) is 23.2. The molecule has 194 valence electrons. The fourth-order valence-electron chi connectivity index (χ4n) is 5.17. The maximum atomic E-state index is 2.35. The summed E-state index contributed by atoms with van der Waals surface area (Å²) in [5.74, 6) is 0. The van der Waals surface area contributed by atoms with Gasteiger partial charge < -0.3 is 9.96 Å². The summed E-state index contributed by atoms with van der Waals surface area (Å²) in [6.07, 6.45) is 25.7. The highest BCUT2D eigenvalue weighted by atomic mass is 16.0. The Labute approximate surface area is 208 Å². The lowest BCUT2D eigenvalue weighted by molar-refractivity contribution is -0.941. The van der Waals surface area contributed by atoms with E-state index in [9.17, 15) is 0 Å². The highest BCUT2D eigenvalue weighted by Gasteiger charge is 2.26. The molecule has 0 aliphatic rings. The Balaban J connectivity index is 0.0000102. The van der Waals surface area contributed by atoms with Gasteiger partial charge in [0.1, 0.15) is 6.54 Å². The van der Waals surface area contributed by atoms with Crippen LogP contribution >= 0.6 is 0 Å². The first kappa shape index (κ1) is 32.1. The first-order valence-electron chi connectivity index (χ1n) is 14.7. The van der Waals surface area contributed by atoms with E-state index in [4.69, 9.17) is 0 Å². The van der Waals surface area contributed by atoms with Gasteiger partial charge in [-0.25, -0.2) is 0 Å². The molecule has 0 amide bonds. The van der Waals surface area contributed by atoms with Crippen molar-refractivity contribution in [3.8, 4) is 0 Å². The van der Waals surface area contributed by atoms with Gasteiger partial charge in [0.15, 0.2) is 0 Å². The molecule has 0 unspecified atom stereocenters. The lowest BCUT2D eigenvalue weighted by atomic mass is 10.0. The van der Waals surface area contributed by atoms with Crippen LogP contribution in [-0.2, 0) is 6.54 Å². The predicted molar refractivity (Wildman–Crippen MR) is 147 cm³/mol. The number of unbranched alkanes of at least 4 members (excludes halogenated alkanes) is 15. The van der Waals surface area contributed by atoms with Gasteiger partial charge in [0.2, 0.25) is 0 Å². The maximum Gasteiger partial charge on any atom is 0.104 e. The number of nitrogens with zero attached hydrogens (tertiary/aromatic N) is 1. The van der Waals surface area contributed by atoms with Gasteiger partial charge in [-0.3, -0.25) is 0 Å². The average molecular weight is 462 g/mol. The molecular formula is C31H59NO. The molecule has 1 aromatic rings. The van der Waals surface area contributed by atoms with Gasteiger partial charge in [-0.15, -0.1) is 0 Å². The van der Waals surface area contributed by atoms with Gasteiger partial charge in [-0.05, 0) is 25.7 Å². The summed E-state index contributed by atoms with van der Waals surface area (Å²) < 4.78 is 1.32. The zero-order valence-corrected chi connectivity index (χ0v) is 22.8. The van der Waals surface area contributed by atoms with Crippen LogP contribution in [0.3, 0.4) is 0 Å². The fraction of sp³-hybridized carbons (Fsp3) is 0.806. The van der Waals surface area contributed by atoms with Crippen LogP contribution < -0.4 is 0 Å². The average Bonchev–Trinajstić information content (AvgIpc) is 2.82. The van der Waals surface area contributed by atoms with Crippen molar-refractivity contribution in [1.29, 1.82) is 0 Å². The highest BCUT2D eigenvalue weighted by molar-refractivity contribution is 5.13. The van der Waals surface area contributed by atoms with Crippen molar-refractivity contribution >= 4 is 0 Å². The molecular weight excluding hydrogens is 402 g/mol. The summed E-state index contributed by atoms with van der Waals surface area (Å²) in [5.41, 5.74) is 1.53. The molecule has 0 atom stereocenters. The molecule has 0 spiro atoms. The molecule has 0 saturated carbocycles. The number of hydrogen-bond donors (Lipinski definition) is 0. The molecule has 0 aromatic heterocycles. The minimum atomic E-state index is 0. The van der Waals surface area contributed by atoms with Gasteiger partial charge >= 0.3 is 0 Å². The molecule has 0 saturated heterocycles. The fourth-order valence-corrected chi connectivity index (χ4v) is 5.17. The molecule has 1 aromatic carbocycles. The third-order valence-corrected chi connectivity index (χ3v) is 7.32. The third kappa shape index (κ3) is 17.3. The summed E-state index contributed by atoms with van der Waals surface area (Å²) in [4.78, 5) is 0. The summed E-state index contributed by atoms with van der Waals surface area (Å²) in [6, 6.07) is 11.3. The van der Waals surface area contributed by atoms with E-state index in [1.165, 1.54) is 152 Å². The standard InChI is InChI=1S/C31H58N.H2O/c1-4-7-10-11-12-13-14-15-16-17-18-19-20-24-29-32(27-8-5-2,28-9-6-3)30-31-25-22-21-23-26-31;/h21-23,25-26H,4-20,24,27-30H2,1-3H3;1H2/q+1;/p-1. The van der Waals surface area contributed by atoms with E-state index in [0.29, 0.717) is 0 Å². The molecule has 0 radical (unpaired) electrons. The summed E-state index contributed by atoms with van der Waals surface area (Å²) in [5, 5.41) is 0. The molecule has 0 bridgehead atoms. The maximum absolute atomic E-state index is 2.35. The number of quaternary nitrogens is 1. The molecule has 0 fully saturated rings. The van der Waals surface area contributed by atoms with Crippen LogP contribution in [0.15, 0.2) is 30.3 Å². The molecule has 0 aliphatic carbocycles. The lowest BCUT2D eigenvalue weighted by Crippen LogP contribution is -2.49. The Morgan fingerprint density at radius 1 is 0.455 bits per heavy atom. The van der Waals surface area contributed by atoms with Gasteiger partial charge in [0, 0.05) is 5.56 Å².